The first-order valence-corrected chi connectivity index (χ1v) is 8.80. The molecule has 20 heavy (non-hydrogen) atoms. The van der Waals surface area contributed by atoms with Gasteiger partial charge in [0, 0.05) is 36.5 Å². The molecule has 4 heteroatoms. The van der Waals surface area contributed by atoms with Gasteiger partial charge in [-0.3, -0.25) is 4.79 Å². The van der Waals surface area contributed by atoms with Crippen LogP contribution in [0.15, 0.2) is 5.38 Å². The van der Waals surface area contributed by atoms with Gasteiger partial charge in [-0.25, -0.2) is 4.98 Å². The van der Waals surface area contributed by atoms with Gasteiger partial charge in [0.05, 0.1) is 5.01 Å². The lowest BCUT2D eigenvalue weighted by Crippen LogP contribution is -2.39. The molecular weight excluding hydrogens is 268 g/mol. The molecule has 1 saturated heterocycles. The van der Waals surface area contributed by atoms with Gasteiger partial charge < -0.3 is 4.90 Å². The molecule has 0 unspecified atom stereocenters. The third-order valence-electron chi connectivity index (χ3n) is 4.70. The van der Waals surface area contributed by atoms with Crippen molar-refractivity contribution in [2.45, 2.75) is 57.8 Å². The first-order valence-electron chi connectivity index (χ1n) is 7.92. The fourth-order valence-corrected chi connectivity index (χ4v) is 4.48. The van der Waals surface area contributed by atoms with Crippen molar-refractivity contribution in [3.63, 3.8) is 0 Å². The van der Waals surface area contributed by atoms with Crippen LogP contribution in [0.1, 0.15) is 61.6 Å². The molecule has 0 N–H and O–H groups in total. The number of piperidine rings is 1. The summed E-state index contributed by atoms with van der Waals surface area (Å²) >= 11 is 1.75. The third-order valence-corrected chi connectivity index (χ3v) is 5.82. The van der Waals surface area contributed by atoms with Crippen LogP contribution in [-0.4, -0.2) is 28.9 Å². The van der Waals surface area contributed by atoms with Gasteiger partial charge in [-0.15, -0.1) is 11.3 Å². The molecule has 2 aliphatic rings. The summed E-state index contributed by atoms with van der Waals surface area (Å²) in [6, 6.07) is 0. The summed E-state index contributed by atoms with van der Waals surface area (Å²) in [6.45, 7) is 3.89. The lowest BCUT2D eigenvalue weighted by molar-refractivity contribution is -0.133. The van der Waals surface area contributed by atoms with Crippen molar-refractivity contribution in [1.82, 2.24) is 9.88 Å². The number of nitrogens with zero attached hydrogens (tertiary/aromatic N) is 2. The molecular formula is C16H24N2OS. The largest absolute Gasteiger partial charge is 0.342 e. The fourth-order valence-electron chi connectivity index (χ4n) is 3.56. The zero-order valence-corrected chi connectivity index (χ0v) is 13.1. The maximum absolute atomic E-state index is 12.4. The smallest absolute Gasteiger partial charge is 0.222 e. The minimum absolute atomic E-state index is 0.384. The van der Waals surface area contributed by atoms with Crippen LogP contribution >= 0.6 is 11.3 Å². The quantitative estimate of drug-likeness (QED) is 0.850. The Morgan fingerprint density at radius 1 is 1.35 bits per heavy atom. The molecule has 2 heterocycles. The Hall–Kier alpha value is -0.900. The monoisotopic (exact) mass is 292 g/mol. The highest BCUT2D eigenvalue weighted by Gasteiger charge is 2.28. The Labute approximate surface area is 125 Å². The normalized spacial score (nSPS) is 24.2. The second-order valence-corrected chi connectivity index (χ2v) is 7.25. The number of hydrogen-bond donors (Lipinski definition) is 0. The molecule has 3 rings (SSSR count). The van der Waals surface area contributed by atoms with Crippen LogP contribution in [0.3, 0.4) is 0 Å². The molecule has 2 fully saturated rings. The van der Waals surface area contributed by atoms with E-state index in [-0.39, 0.29) is 0 Å². The maximum atomic E-state index is 12.4. The third kappa shape index (κ3) is 3.22. The molecule has 1 aromatic rings. The second-order valence-electron chi connectivity index (χ2n) is 6.36. The first-order chi connectivity index (χ1) is 9.72. The van der Waals surface area contributed by atoms with Crippen molar-refractivity contribution < 1.29 is 4.79 Å². The Morgan fingerprint density at radius 2 is 2.15 bits per heavy atom. The second kappa shape index (κ2) is 6.25. The predicted octanol–water partition coefficient (Wildman–Crippen LogP) is 3.74. The highest BCUT2D eigenvalue weighted by Crippen LogP contribution is 2.32. The molecule has 0 radical (unpaired) electrons. The lowest BCUT2D eigenvalue weighted by atomic mass is 9.97. The number of amides is 1. The molecule has 1 aliphatic carbocycles. The van der Waals surface area contributed by atoms with E-state index in [2.05, 4.69) is 15.3 Å². The van der Waals surface area contributed by atoms with E-state index >= 15 is 0 Å². The van der Waals surface area contributed by atoms with Crippen molar-refractivity contribution >= 4 is 17.2 Å². The van der Waals surface area contributed by atoms with Crippen molar-refractivity contribution in [2.24, 2.45) is 5.92 Å². The van der Waals surface area contributed by atoms with E-state index < -0.39 is 0 Å². The van der Waals surface area contributed by atoms with E-state index in [1.807, 2.05) is 6.92 Å². The highest BCUT2D eigenvalue weighted by molar-refractivity contribution is 7.09. The minimum Gasteiger partial charge on any atom is -0.342 e. The standard InChI is InChI=1S/C16H24N2OS/c1-12-11-20-16(17-12)14-7-4-8-18(10-14)15(19)9-13-5-2-3-6-13/h11,13-14H,2-10H2,1H3/t14-/m1/s1. The van der Waals surface area contributed by atoms with Gasteiger partial charge >= 0.3 is 0 Å². The number of likely N-dealkylation sites (tertiary alicyclic amines) is 1. The van der Waals surface area contributed by atoms with Gasteiger partial charge in [0.2, 0.25) is 5.91 Å². The minimum atomic E-state index is 0.384. The number of thiazole rings is 1. The van der Waals surface area contributed by atoms with Crippen molar-refractivity contribution in [3.05, 3.63) is 16.1 Å². The van der Waals surface area contributed by atoms with Crippen molar-refractivity contribution in [2.75, 3.05) is 13.1 Å². The van der Waals surface area contributed by atoms with Gasteiger partial charge in [0.1, 0.15) is 0 Å². The fraction of sp³-hybridized carbons (Fsp3) is 0.750. The molecule has 1 amide bonds. The first kappa shape index (κ1) is 14.1. The average Bonchev–Trinajstić information content (AvgIpc) is 3.10. The Morgan fingerprint density at radius 3 is 2.85 bits per heavy atom. The Bertz CT molecular complexity index is 465. The van der Waals surface area contributed by atoms with Crippen LogP contribution in [0, 0.1) is 12.8 Å². The number of carbonyl (C=O) groups excluding carboxylic acids is 1. The number of hydrogen-bond acceptors (Lipinski definition) is 3. The Balaban J connectivity index is 1.58. The predicted molar refractivity (Wildman–Crippen MR) is 82.0 cm³/mol. The van der Waals surface area contributed by atoms with Gasteiger partial charge in [-0.05, 0) is 38.5 Å². The molecule has 1 saturated carbocycles. The molecule has 0 spiro atoms. The van der Waals surface area contributed by atoms with E-state index in [4.69, 9.17) is 0 Å². The molecule has 1 aliphatic heterocycles. The number of aryl methyl sites for hydroxylation is 1. The summed E-state index contributed by atoms with van der Waals surface area (Å²) in [7, 11) is 0. The van der Waals surface area contributed by atoms with E-state index in [1.54, 1.807) is 11.3 Å². The van der Waals surface area contributed by atoms with Crippen LogP contribution in [-0.2, 0) is 4.79 Å². The number of aromatic nitrogens is 1. The van der Waals surface area contributed by atoms with Gasteiger partial charge in [0.25, 0.3) is 0 Å². The molecule has 0 bridgehead atoms. The van der Waals surface area contributed by atoms with Gasteiger partial charge in [-0.1, -0.05) is 12.8 Å². The summed E-state index contributed by atoms with van der Waals surface area (Å²) in [5, 5.41) is 3.34. The van der Waals surface area contributed by atoms with Crippen LogP contribution < -0.4 is 0 Å². The van der Waals surface area contributed by atoms with Crippen LogP contribution in [0.2, 0.25) is 0 Å². The summed E-state index contributed by atoms with van der Waals surface area (Å²) in [5.74, 6) is 1.51. The summed E-state index contributed by atoms with van der Waals surface area (Å²) in [4.78, 5) is 19.2. The SMILES string of the molecule is Cc1csc([C@@H]2CCCN(C(=O)CC3CCCC3)C2)n1. The highest BCUT2D eigenvalue weighted by atomic mass is 32.1. The zero-order valence-electron chi connectivity index (χ0n) is 12.3. The molecule has 110 valence electrons. The van der Waals surface area contributed by atoms with Crippen LogP contribution in [0.25, 0.3) is 0 Å². The average molecular weight is 292 g/mol. The Kier molecular flexibility index (Phi) is 4.39. The van der Waals surface area contributed by atoms with E-state index in [9.17, 15) is 4.79 Å². The summed E-state index contributed by atoms with van der Waals surface area (Å²) in [5.41, 5.74) is 1.11. The van der Waals surface area contributed by atoms with Gasteiger partial charge in [-0.2, -0.15) is 0 Å². The van der Waals surface area contributed by atoms with Gasteiger partial charge in [0.15, 0.2) is 0 Å². The molecule has 1 atom stereocenters. The van der Waals surface area contributed by atoms with E-state index in [0.29, 0.717) is 17.7 Å². The molecule has 3 nitrogen and oxygen atoms in total. The van der Waals surface area contributed by atoms with Crippen LogP contribution in [0.4, 0.5) is 0 Å². The topological polar surface area (TPSA) is 33.2 Å². The lowest BCUT2D eigenvalue weighted by Gasteiger charge is -2.32. The van der Waals surface area contributed by atoms with Crippen molar-refractivity contribution in [3.8, 4) is 0 Å². The maximum Gasteiger partial charge on any atom is 0.222 e. The van der Waals surface area contributed by atoms with E-state index in [1.165, 1.54) is 37.1 Å². The number of carbonyl (C=O) groups is 1. The summed E-state index contributed by atoms with van der Waals surface area (Å²) < 4.78 is 0. The number of rotatable bonds is 3. The summed E-state index contributed by atoms with van der Waals surface area (Å²) in [6.07, 6.45) is 8.24. The molecule has 0 aromatic carbocycles. The molecule has 1 aromatic heterocycles. The van der Waals surface area contributed by atoms with E-state index in [0.717, 1.165) is 31.6 Å². The zero-order chi connectivity index (χ0) is 13.9. The van der Waals surface area contributed by atoms with Crippen molar-refractivity contribution in [1.29, 1.82) is 0 Å². The van der Waals surface area contributed by atoms with Crippen LogP contribution in [0.5, 0.6) is 0 Å².